The van der Waals surface area contributed by atoms with Gasteiger partial charge in [0.05, 0.1) is 23.9 Å². The summed E-state index contributed by atoms with van der Waals surface area (Å²) in [5.74, 6) is -0.859. The standard InChI is InChI=1S/C25H29BrClN3O6/c1-5-34-20-11-16(10-19(26)23(20)36-14-21(31)35-6-2)13-28-30-25(33)22(15(3)4)29-24(32)17-8-7-9-18(27)12-17/h7-13,15,22H,5-6,14H2,1-4H3,(H,29,32)(H,30,33)/b28-13+. The molecule has 1 unspecified atom stereocenters. The fraction of sp³-hybridized carbons (Fsp3) is 0.360. The van der Waals surface area contributed by atoms with Crippen LogP contribution in [0.2, 0.25) is 5.02 Å². The van der Waals surface area contributed by atoms with Crippen LogP contribution < -0.4 is 20.2 Å². The first-order valence-electron chi connectivity index (χ1n) is 11.3. The second kappa shape index (κ2) is 14.4. The molecule has 2 aromatic rings. The first-order valence-corrected chi connectivity index (χ1v) is 12.5. The second-order valence-electron chi connectivity index (χ2n) is 7.80. The van der Waals surface area contributed by atoms with E-state index in [4.69, 9.17) is 25.8 Å². The molecule has 194 valence electrons. The van der Waals surface area contributed by atoms with Crippen LogP contribution in [0.4, 0.5) is 0 Å². The van der Waals surface area contributed by atoms with E-state index in [0.29, 0.717) is 38.7 Å². The molecule has 0 heterocycles. The van der Waals surface area contributed by atoms with Crippen molar-refractivity contribution in [3.05, 3.63) is 57.0 Å². The van der Waals surface area contributed by atoms with Crippen molar-refractivity contribution in [1.82, 2.24) is 10.7 Å². The molecule has 0 radical (unpaired) electrons. The molecule has 0 aliphatic heterocycles. The maximum absolute atomic E-state index is 12.7. The first-order chi connectivity index (χ1) is 17.2. The van der Waals surface area contributed by atoms with Gasteiger partial charge in [-0.1, -0.05) is 31.5 Å². The topological polar surface area (TPSA) is 115 Å². The average molecular weight is 583 g/mol. The van der Waals surface area contributed by atoms with Crippen molar-refractivity contribution in [1.29, 1.82) is 0 Å². The minimum atomic E-state index is -0.821. The third-order valence-corrected chi connectivity index (χ3v) is 5.51. The molecule has 1 atom stereocenters. The lowest BCUT2D eigenvalue weighted by molar-refractivity contribution is -0.145. The van der Waals surface area contributed by atoms with E-state index in [1.807, 2.05) is 20.8 Å². The number of nitrogens with one attached hydrogen (secondary N) is 2. The van der Waals surface area contributed by atoms with Crippen molar-refractivity contribution in [2.45, 2.75) is 33.7 Å². The molecule has 2 rings (SSSR count). The van der Waals surface area contributed by atoms with Crippen LogP contribution in [0.5, 0.6) is 11.5 Å². The molecule has 2 aromatic carbocycles. The highest BCUT2D eigenvalue weighted by atomic mass is 79.9. The minimum Gasteiger partial charge on any atom is -0.490 e. The van der Waals surface area contributed by atoms with Crippen molar-refractivity contribution in [2.24, 2.45) is 11.0 Å². The van der Waals surface area contributed by atoms with Gasteiger partial charge in [0.2, 0.25) is 0 Å². The van der Waals surface area contributed by atoms with E-state index in [0.717, 1.165) is 0 Å². The Balaban J connectivity index is 2.10. The fourth-order valence-corrected chi connectivity index (χ4v) is 3.79. The molecule has 0 saturated carbocycles. The third kappa shape index (κ3) is 8.83. The molecule has 2 amide bonds. The largest absolute Gasteiger partial charge is 0.490 e. The molecule has 0 aliphatic rings. The van der Waals surface area contributed by atoms with Gasteiger partial charge in [-0.25, -0.2) is 10.2 Å². The van der Waals surface area contributed by atoms with Crippen LogP contribution in [0.3, 0.4) is 0 Å². The zero-order valence-electron chi connectivity index (χ0n) is 20.5. The summed E-state index contributed by atoms with van der Waals surface area (Å²) < 4.78 is 16.6. The molecule has 0 aromatic heterocycles. The Labute approximate surface area is 223 Å². The molecule has 9 nitrogen and oxygen atoms in total. The Bertz CT molecular complexity index is 1110. The summed E-state index contributed by atoms with van der Waals surface area (Å²) >= 11 is 9.37. The van der Waals surface area contributed by atoms with Crippen LogP contribution in [0.15, 0.2) is 46.0 Å². The number of hydrogen-bond acceptors (Lipinski definition) is 7. The number of benzene rings is 2. The van der Waals surface area contributed by atoms with Gasteiger partial charge in [0, 0.05) is 10.6 Å². The molecule has 0 saturated heterocycles. The summed E-state index contributed by atoms with van der Waals surface area (Å²) in [6.45, 7) is 7.50. The predicted octanol–water partition coefficient (Wildman–Crippen LogP) is 4.35. The number of nitrogens with zero attached hydrogens (tertiary/aromatic N) is 1. The van der Waals surface area contributed by atoms with Gasteiger partial charge in [-0.2, -0.15) is 5.10 Å². The quantitative estimate of drug-likeness (QED) is 0.218. The number of carbonyl (C=O) groups excluding carboxylic acids is 3. The van der Waals surface area contributed by atoms with Crippen LogP contribution in [0, 0.1) is 5.92 Å². The van der Waals surface area contributed by atoms with Gasteiger partial charge >= 0.3 is 5.97 Å². The molecule has 36 heavy (non-hydrogen) atoms. The van der Waals surface area contributed by atoms with Crippen LogP contribution in [-0.4, -0.2) is 49.9 Å². The Morgan fingerprint density at radius 3 is 2.50 bits per heavy atom. The van der Waals surface area contributed by atoms with Gasteiger partial charge in [0.15, 0.2) is 18.1 Å². The molecule has 2 N–H and O–H groups in total. The summed E-state index contributed by atoms with van der Waals surface area (Å²) in [7, 11) is 0. The summed E-state index contributed by atoms with van der Waals surface area (Å²) in [5, 5.41) is 7.16. The highest BCUT2D eigenvalue weighted by Gasteiger charge is 2.24. The fourth-order valence-electron chi connectivity index (χ4n) is 3.03. The van der Waals surface area contributed by atoms with Crippen molar-refractivity contribution in [3.63, 3.8) is 0 Å². The molecule has 11 heteroatoms. The predicted molar refractivity (Wildman–Crippen MR) is 141 cm³/mol. The lowest BCUT2D eigenvalue weighted by Gasteiger charge is -2.20. The highest BCUT2D eigenvalue weighted by molar-refractivity contribution is 9.10. The van der Waals surface area contributed by atoms with Gasteiger partial charge in [-0.05, 0) is 71.6 Å². The molecule has 0 spiro atoms. The van der Waals surface area contributed by atoms with Crippen LogP contribution in [-0.2, 0) is 14.3 Å². The SMILES string of the molecule is CCOC(=O)COc1c(Br)cc(/C=N/NC(=O)C(NC(=O)c2cccc(Cl)c2)C(C)C)cc1OCC. The van der Waals surface area contributed by atoms with E-state index in [1.54, 1.807) is 37.3 Å². The Kier molecular flexibility index (Phi) is 11.7. The van der Waals surface area contributed by atoms with Crippen molar-refractivity contribution in [2.75, 3.05) is 19.8 Å². The summed E-state index contributed by atoms with van der Waals surface area (Å²) in [5.41, 5.74) is 3.41. The van der Waals surface area contributed by atoms with E-state index in [2.05, 4.69) is 31.8 Å². The third-order valence-electron chi connectivity index (χ3n) is 4.68. The number of halogens is 2. The number of amides is 2. The zero-order valence-corrected chi connectivity index (χ0v) is 22.8. The lowest BCUT2D eigenvalue weighted by atomic mass is 10.0. The zero-order chi connectivity index (χ0) is 26.7. The van der Waals surface area contributed by atoms with E-state index >= 15 is 0 Å². The summed E-state index contributed by atoms with van der Waals surface area (Å²) in [4.78, 5) is 36.9. The number of rotatable bonds is 12. The smallest absolute Gasteiger partial charge is 0.344 e. The van der Waals surface area contributed by atoms with Crippen molar-refractivity contribution < 1.29 is 28.6 Å². The van der Waals surface area contributed by atoms with E-state index in [1.165, 1.54) is 12.3 Å². The van der Waals surface area contributed by atoms with Crippen LogP contribution in [0.1, 0.15) is 43.6 Å². The Morgan fingerprint density at radius 2 is 1.86 bits per heavy atom. The van der Waals surface area contributed by atoms with Gasteiger partial charge in [0.25, 0.3) is 11.8 Å². The summed E-state index contributed by atoms with van der Waals surface area (Å²) in [6.07, 6.45) is 1.43. The van der Waals surface area contributed by atoms with Crippen molar-refractivity contribution in [3.8, 4) is 11.5 Å². The maximum atomic E-state index is 12.7. The van der Waals surface area contributed by atoms with E-state index in [9.17, 15) is 14.4 Å². The highest BCUT2D eigenvalue weighted by Crippen LogP contribution is 2.36. The number of hydrazone groups is 1. The monoisotopic (exact) mass is 581 g/mol. The molecular weight excluding hydrogens is 554 g/mol. The van der Waals surface area contributed by atoms with Crippen LogP contribution >= 0.6 is 27.5 Å². The minimum absolute atomic E-state index is 0.196. The average Bonchev–Trinajstić information content (AvgIpc) is 2.82. The number of hydrogen-bond donors (Lipinski definition) is 2. The maximum Gasteiger partial charge on any atom is 0.344 e. The van der Waals surface area contributed by atoms with E-state index < -0.39 is 23.8 Å². The van der Waals surface area contributed by atoms with E-state index in [-0.39, 0.29) is 19.1 Å². The molecule has 0 aliphatic carbocycles. The van der Waals surface area contributed by atoms with Gasteiger partial charge in [-0.15, -0.1) is 0 Å². The second-order valence-corrected chi connectivity index (χ2v) is 9.09. The normalized spacial score (nSPS) is 11.8. The number of ether oxygens (including phenoxy) is 3. The molecule has 0 bridgehead atoms. The summed E-state index contributed by atoms with van der Waals surface area (Å²) in [6, 6.07) is 8.99. The first kappa shape index (κ1) is 29.1. The van der Waals surface area contributed by atoms with Gasteiger partial charge in [0.1, 0.15) is 6.04 Å². The van der Waals surface area contributed by atoms with Crippen molar-refractivity contribution >= 4 is 51.5 Å². The molecular formula is C25H29BrClN3O6. The Morgan fingerprint density at radius 1 is 1.11 bits per heavy atom. The molecule has 0 fully saturated rings. The Hall–Kier alpha value is -3.11. The number of esters is 1. The van der Waals surface area contributed by atoms with Gasteiger partial charge < -0.3 is 19.5 Å². The lowest BCUT2D eigenvalue weighted by Crippen LogP contribution is -2.48. The van der Waals surface area contributed by atoms with Gasteiger partial charge in [-0.3, -0.25) is 9.59 Å². The number of carbonyl (C=O) groups is 3. The van der Waals surface area contributed by atoms with Crippen LogP contribution in [0.25, 0.3) is 0 Å².